The second kappa shape index (κ2) is 7.02. The van der Waals surface area contributed by atoms with E-state index < -0.39 is 5.97 Å². The van der Waals surface area contributed by atoms with E-state index >= 15 is 0 Å². The van der Waals surface area contributed by atoms with Crippen LogP contribution in [0, 0.1) is 0 Å². The number of nitrogens with two attached hydrogens (primary N) is 1. The summed E-state index contributed by atoms with van der Waals surface area (Å²) in [5, 5.41) is 8.49. The Morgan fingerprint density at radius 2 is 2.25 bits per heavy atom. The Morgan fingerprint density at radius 3 is 2.67 bits per heavy atom. The highest BCUT2D eigenvalue weighted by Gasteiger charge is 2.07. The van der Waals surface area contributed by atoms with Crippen molar-refractivity contribution in [1.82, 2.24) is 4.90 Å². The lowest BCUT2D eigenvalue weighted by Gasteiger charge is -2.18. The lowest BCUT2D eigenvalue weighted by atomic mass is 10.4. The molecule has 12 heavy (non-hydrogen) atoms. The molecule has 0 aliphatic rings. The Bertz CT molecular complexity index is 130. The lowest BCUT2D eigenvalue weighted by Crippen LogP contribution is -2.36. The number of methoxy groups -OCH3 is 1. The van der Waals surface area contributed by atoms with E-state index in [0.29, 0.717) is 26.2 Å². The maximum atomic E-state index is 10.3. The third kappa shape index (κ3) is 6.09. The molecule has 0 amide bonds. The zero-order chi connectivity index (χ0) is 9.40. The van der Waals surface area contributed by atoms with E-state index in [-0.39, 0.29) is 6.54 Å². The quantitative estimate of drug-likeness (QED) is 0.519. The third-order valence-electron chi connectivity index (χ3n) is 1.42. The zero-order valence-corrected chi connectivity index (χ0v) is 7.32. The van der Waals surface area contributed by atoms with Crippen LogP contribution in [0.1, 0.15) is 0 Å². The molecule has 0 atom stereocenters. The molecule has 5 nitrogen and oxygen atoms in total. The third-order valence-corrected chi connectivity index (χ3v) is 1.42. The molecular weight excluding hydrogens is 160 g/mol. The summed E-state index contributed by atoms with van der Waals surface area (Å²) in [6, 6.07) is 0. The van der Waals surface area contributed by atoms with Crippen LogP contribution in [0.25, 0.3) is 0 Å². The molecule has 0 bridgehead atoms. The van der Waals surface area contributed by atoms with Crippen molar-refractivity contribution in [1.29, 1.82) is 0 Å². The van der Waals surface area contributed by atoms with Gasteiger partial charge in [0, 0.05) is 26.7 Å². The molecule has 0 rings (SSSR count). The van der Waals surface area contributed by atoms with Crippen LogP contribution in [0.15, 0.2) is 0 Å². The molecule has 0 saturated heterocycles. The summed E-state index contributed by atoms with van der Waals surface area (Å²) < 4.78 is 4.82. The fourth-order valence-electron chi connectivity index (χ4n) is 0.864. The Morgan fingerprint density at radius 1 is 1.58 bits per heavy atom. The average Bonchev–Trinajstić information content (AvgIpc) is 2.00. The van der Waals surface area contributed by atoms with Crippen LogP contribution < -0.4 is 5.73 Å². The van der Waals surface area contributed by atoms with Crippen LogP contribution in [0.2, 0.25) is 0 Å². The average molecular weight is 176 g/mol. The van der Waals surface area contributed by atoms with Gasteiger partial charge in [-0.3, -0.25) is 9.69 Å². The Labute approximate surface area is 72.1 Å². The molecule has 0 aromatic heterocycles. The maximum absolute atomic E-state index is 10.3. The highest BCUT2D eigenvalue weighted by atomic mass is 16.5. The first-order valence-electron chi connectivity index (χ1n) is 3.84. The van der Waals surface area contributed by atoms with Gasteiger partial charge in [-0.1, -0.05) is 0 Å². The van der Waals surface area contributed by atoms with Crippen molar-refractivity contribution in [2.75, 3.05) is 39.9 Å². The molecule has 0 fully saturated rings. The van der Waals surface area contributed by atoms with Crippen molar-refractivity contribution in [2.45, 2.75) is 0 Å². The summed E-state index contributed by atoms with van der Waals surface area (Å²) in [7, 11) is 1.58. The van der Waals surface area contributed by atoms with Gasteiger partial charge in [-0.25, -0.2) is 0 Å². The van der Waals surface area contributed by atoms with Gasteiger partial charge in [0.2, 0.25) is 0 Å². The van der Waals surface area contributed by atoms with Gasteiger partial charge in [0.15, 0.2) is 0 Å². The minimum absolute atomic E-state index is 0.0283. The summed E-state index contributed by atoms with van der Waals surface area (Å²) >= 11 is 0. The van der Waals surface area contributed by atoms with Gasteiger partial charge in [0.05, 0.1) is 13.2 Å². The van der Waals surface area contributed by atoms with Crippen molar-refractivity contribution in [3.63, 3.8) is 0 Å². The number of hydrogen-bond acceptors (Lipinski definition) is 4. The standard InChI is InChI=1S/C7H16N2O3/c1-12-5-4-9(3-2-8)6-7(10)11/h2-6,8H2,1H3,(H,10,11). The first-order chi connectivity index (χ1) is 5.70. The molecule has 0 aliphatic carbocycles. The van der Waals surface area contributed by atoms with E-state index in [1.54, 1.807) is 12.0 Å². The lowest BCUT2D eigenvalue weighted by molar-refractivity contribution is -0.138. The van der Waals surface area contributed by atoms with Gasteiger partial charge in [-0.05, 0) is 0 Å². The highest BCUT2D eigenvalue weighted by Crippen LogP contribution is 1.86. The van der Waals surface area contributed by atoms with Crippen molar-refractivity contribution in [3.8, 4) is 0 Å². The molecule has 0 heterocycles. The number of nitrogens with zero attached hydrogens (tertiary/aromatic N) is 1. The first kappa shape index (κ1) is 11.4. The molecule has 0 saturated carbocycles. The van der Waals surface area contributed by atoms with E-state index in [4.69, 9.17) is 15.6 Å². The maximum Gasteiger partial charge on any atom is 0.317 e. The van der Waals surface area contributed by atoms with Gasteiger partial charge in [-0.2, -0.15) is 0 Å². The van der Waals surface area contributed by atoms with Crippen LogP contribution in [-0.2, 0) is 9.53 Å². The summed E-state index contributed by atoms with van der Waals surface area (Å²) in [6.45, 7) is 2.24. The van der Waals surface area contributed by atoms with Crippen LogP contribution in [0.4, 0.5) is 0 Å². The smallest absolute Gasteiger partial charge is 0.317 e. The van der Waals surface area contributed by atoms with Gasteiger partial charge >= 0.3 is 5.97 Å². The fraction of sp³-hybridized carbons (Fsp3) is 0.857. The minimum Gasteiger partial charge on any atom is -0.480 e. The van der Waals surface area contributed by atoms with Crippen LogP contribution in [-0.4, -0.2) is 55.9 Å². The highest BCUT2D eigenvalue weighted by molar-refractivity contribution is 5.69. The second-order valence-electron chi connectivity index (χ2n) is 2.45. The van der Waals surface area contributed by atoms with E-state index in [2.05, 4.69) is 0 Å². The largest absolute Gasteiger partial charge is 0.480 e. The molecule has 0 unspecified atom stereocenters. The van der Waals surface area contributed by atoms with Crippen LogP contribution in [0.3, 0.4) is 0 Å². The van der Waals surface area contributed by atoms with E-state index in [0.717, 1.165) is 0 Å². The van der Waals surface area contributed by atoms with E-state index in [1.165, 1.54) is 0 Å². The predicted molar refractivity (Wildman–Crippen MR) is 45.0 cm³/mol. The molecule has 5 heteroatoms. The van der Waals surface area contributed by atoms with Crippen LogP contribution in [0.5, 0.6) is 0 Å². The topological polar surface area (TPSA) is 75.8 Å². The Hall–Kier alpha value is -0.650. The molecule has 0 spiro atoms. The Balaban J connectivity index is 3.61. The number of carboxylic acids is 1. The summed E-state index contributed by atoms with van der Waals surface area (Å²) in [6.07, 6.45) is 0. The Kier molecular flexibility index (Phi) is 6.64. The number of hydrogen-bond donors (Lipinski definition) is 2. The van der Waals surface area contributed by atoms with Gasteiger partial charge in [0.25, 0.3) is 0 Å². The molecule has 3 N–H and O–H groups in total. The SMILES string of the molecule is COCCN(CCN)CC(=O)O. The molecule has 0 aromatic rings. The molecule has 72 valence electrons. The number of aliphatic carboxylic acids is 1. The molecule has 0 aliphatic heterocycles. The number of carboxylic acid groups (broad SMARTS) is 1. The van der Waals surface area contributed by atoms with Crippen molar-refractivity contribution in [3.05, 3.63) is 0 Å². The van der Waals surface area contributed by atoms with E-state index in [1.807, 2.05) is 0 Å². The number of carbonyl (C=O) groups is 1. The molecule has 0 aromatic carbocycles. The molecule has 0 radical (unpaired) electrons. The van der Waals surface area contributed by atoms with Gasteiger partial charge in [0.1, 0.15) is 0 Å². The van der Waals surface area contributed by atoms with Crippen LogP contribution >= 0.6 is 0 Å². The van der Waals surface area contributed by atoms with Gasteiger partial charge in [-0.15, -0.1) is 0 Å². The summed E-state index contributed by atoms with van der Waals surface area (Å²) in [4.78, 5) is 12.1. The monoisotopic (exact) mass is 176 g/mol. The van der Waals surface area contributed by atoms with Crippen molar-refractivity contribution >= 4 is 5.97 Å². The number of ether oxygens (including phenoxy) is 1. The predicted octanol–water partition coefficient (Wildman–Crippen LogP) is -1.02. The molecular formula is C7H16N2O3. The summed E-state index contributed by atoms with van der Waals surface area (Å²) in [5.41, 5.74) is 5.30. The summed E-state index contributed by atoms with van der Waals surface area (Å²) in [5.74, 6) is -0.834. The van der Waals surface area contributed by atoms with E-state index in [9.17, 15) is 4.79 Å². The normalized spacial score (nSPS) is 10.6. The fourth-order valence-corrected chi connectivity index (χ4v) is 0.864. The van der Waals surface area contributed by atoms with Crippen molar-refractivity contribution < 1.29 is 14.6 Å². The van der Waals surface area contributed by atoms with Crippen molar-refractivity contribution in [2.24, 2.45) is 5.73 Å². The first-order valence-corrected chi connectivity index (χ1v) is 3.84. The van der Waals surface area contributed by atoms with Gasteiger partial charge < -0.3 is 15.6 Å². The zero-order valence-electron chi connectivity index (χ0n) is 7.32. The number of rotatable bonds is 7. The minimum atomic E-state index is -0.834. The second-order valence-corrected chi connectivity index (χ2v) is 2.45.